The van der Waals surface area contributed by atoms with E-state index in [9.17, 15) is 22.8 Å². The van der Waals surface area contributed by atoms with Gasteiger partial charge in [-0.25, -0.2) is 4.79 Å². The molecule has 1 aliphatic heterocycles. The summed E-state index contributed by atoms with van der Waals surface area (Å²) in [6, 6.07) is 7.16. The van der Waals surface area contributed by atoms with Gasteiger partial charge in [-0.1, -0.05) is 18.2 Å². The van der Waals surface area contributed by atoms with Crippen LogP contribution in [-0.4, -0.2) is 36.1 Å². The maximum Gasteiger partial charge on any atom is 0.406 e. The van der Waals surface area contributed by atoms with Gasteiger partial charge < -0.3 is 0 Å². The Morgan fingerprint density at radius 1 is 1.11 bits per heavy atom. The van der Waals surface area contributed by atoms with Crippen LogP contribution in [0.2, 0.25) is 0 Å². The molecule has 1 saturated heterocycles. The highest BCUT2D eigenvalue weighted by Crippen LogP contribution is 2.24. The third kappa shape index (κ3) is 2.44. The van der Waals surface area contributed by atoms with Crippen LogP contribution in [0.1, 0.15) is 0 Å². The van der Waals surface area contributed by atoms with E-state index in [0.29, 0.717) is 5.69 Å². The predicted molar refractivity (Wildman–Crippen MR) is 57.0 cm³/mol. The van der Waals surface area contributed by atoms with Gasteiger partial charge in [0.15, 0.2) is 0 Å². The molecule has 1 fully saturated rings. The number of halogens is 3. The molecule has 0 aromatic heterocycles. The number of urea groups is 1. The van der Waals surface area contributed by atoms with Gasteiger partial charge >= 0.3 is 12.2 Å². The first kappa shape index (κ1) is 12.4. The van der Waals surface area contributed by atoms with Gasteiger partial charge in [-0.05, 0) is 12.1 Å². The number of nitrogens with zero attached hydrogens (tertiary/aromatic N) is 2. The van der Waals surface area contributed by atoms with Crippen LogP contribution in [0.15, 0.2) is 30.3 Å². The lowest BCUT2D eigenvalue weighted by Crippen LogP contribution is -2.39. The molecule has 0 atom stereocenters. The molecule has 96 valence electrons. The van der Waals surface area contributed by atoms with Crippen molar-refractivity contribution in [3.05, 3.63) is 30.3 Å². The van der Waals surface area contributed by atoms with Crippen LogP contribution in [0.3, 0.4) is 0 Å². The van der Waals surface area contributed by atoms with Crippen molar-refractivity contribution in [1.29, 1.82) is 0 Å². The molecule has 1 aromatic carbocycles. The molecule has 1 aliphatic rings. The van der Waals surface area contributed by atoms with Crippen molar-refractivity contribution in [3.8, 4) is 0 Å². The summed E-state index contributed by atoms with van der Waals surface area (Å²) in [6.45, 7) is -1.91. The molecule has 0 unspecified atom stereocenters. The normalized spacial score (nSPS) is 16.6. The van der Waals surface area contributed by atoms with E-state index >= 15 is 0 Å². The summed E-state index contributed by atoms with van der Waals surface area (Å²) in [7, 11) is 0. The fourth-order valence-electron chi connectivity index (χ4n) is 1.69. The highest BCUT2D eigenvalue weighted by molar-refractivity contribution is 6.12. The van der Waals surface area contributed by atoms with Gasteiger partial charge in [0.1, 0.15) is 13.1 Å². The number of para-hydroxylation sites is 1. The van der Waals surface area contributed by atoms with Crippen molar-refractivity contribution in [2.24, 2.45) is 0 Å². The number of rotatable bonds is 2. The van der Waals surface area contributed by atoms with Crippen LogP contribution in [-0.2, 0) is 4.79 Å². The third-order valence-corrected chi connectivity index (χ3v) is 2.46. The Balaban J connectivity index is 2.20. The third-order valence-electron chi connectivity index (χ3n) is 2.46. The first-order valence-electron chi connectivity index (χ1n) is 5.12. The first-order valence-corrected chi connectivity index (χ1v) is 5.12. The van der Waals surface area contributed by atoms with Gasteiger partial charge in [-0.3, -0.25) is 14.6 Å². The molecule has 2 rings (SSSR count). The summed E-state index contributed by atoms with van der Waals surface area (Å²) in [5, 5.41) is 0. The predicted octanol–water partition coefficient (Wildman–Crippen LogP) is 2.02. The van der Waals surface area contributed by atoms with Crippen LogP contribution >= 0.6 is 0 Å². The number of benzene rings is 1. The SMILES string of the molecule is O=C1CN(c2ccccc2)C(=O)N1CC(F)(F)F. The largest absolute Gasteiger partial charge is 0.406 e. The van der Waals surface area contributed by atoms with Gasteiger partial charge in [-0.2, -0.15) is 13.2 Å². The lowest BCUT2D eigenvalue weighted by Gasteiger charge is -2.18. The maximum absolute atomic E-state index is 12.2. The number of anilines is 1. The Morgan fingerprint density at radius 2 is 1.72 bits per heavy atom. The molecular formula is C11H9F3N2O2. The molecular weight excluding hydrogens is 249 g/mol. The second-order valence-electron chi connectivity index (χ2n) is 3.80. The summed E-state index contributed by atoms with van der Waals surface area (Å²) in [4.78, 5) is 24.4. The molecule has 0 saturated carbocycles. The first-order chi connectivity index (χ1) is 8.38. The summed E-state index contributed by atoms with van der Waals surface area (Å²) in [5.74, 6) is -0.846. The van der Waals surface area contributed by atoms with Crippen LogP contribution in [0.25, 0.3) is 0 Å². The molecule has 0 N–H and O–H groups in total. The van der Waals surface area contributed by atoms with Gasteiger partial charge in [0.25, 0.3) is 5.91 Å². The van der Waals surface area contributed by atoms with E-state index in [4.69, 9.17) is 0 Å². The minimum atomic E-state index is -4.59. The minimum Gasteiger partial charge on any atom is -0.285 e. The summed E-state index contributed by atoms with van der Waals surface area (Å²) in [5.41, 5.74) is 0.403. The molecule has 18 heavy (non-hydrogen) atoms. The average Bonchev–Trinajstić information content (AvgIpc) is 2.56. The summed E-state index contributed by atoms with van der Waals surface area (Å²) in [6.07, 6.45) is -4.59. The Labute approximate surface area is 101 Å². The van der Waals surface area contributed by atoms with Crippen molar-refractivity contribution in [1.82, 2.24) is 4.90 Å². The molecule has 7 heteroatoms. The van der Waals surface area contributed by atoms with E-state index in [-0.39, 0.29) is 11.4 Å². The van der Waals surface area contributed by atoms with E-state index in [1.54, 1.807) is 30.3 Å². The van der Waals surface area contributed by atoms with Gasteiger partial charge in [0.2, 0.25) is 0 Å². The number of hydrogen-bond donors (Lipinski definition) is 0. The topological polar surface area (TPSA) is 40.6 Å². The molecule has 0 bridgehead atoms. The summed E-state index contributed by atoms with van der Waals surface area (Å²) >= 11 is 0. The van der Waals surface area contributed by atoms with Crippen LogP contribution in [0.4, 0.5) is 23.7 Å². The number of imide groups is 1. The highest BCUT2D eigenvalue weighted by Gasteiger charge is 2.43. The van der Waals surface area contributed by atoms with Gasteiger partial charge in [-0.15, -0.1) is 0 Å². The molecule has 1 heterocycles. The minimum absolute atomic E-state index is 0.215. The monoisotopic (exact) mass is 258 g/mol. The number of carbonyl (C=O) groups excluding carboxylic acids is 2. The Bertz CT molecular complexity index is 473. The Kier molecular flexibility index (Phi) is 2.98. The number of hydrogen-bond acceptors (Lipinski definition) is 2. The van der Waals surface area contributed by atoms with Crippen LogP contribution in [0, 0.1) is 0 Å². The molecule has 0 spiro atoms. The fourth-order valence-corrected chi connectivity index (χ4v) is 1.69. The zero-order valence-electron chi connectivity index (χ0n) is 9.15. The lowest BCUT2D eigenvalue weighted by molar-refractivity contribution is -0.151. The van der Waals surface area contributed by atoms with E-state index < -0.39 is 24.7 Å². The van der Waals surface area contributed by atoms with Crippen molar-refractivity contribution in [2.75, 3.05) is 18.0 Å². The van der Waals surface area contributed by atoms with Crippen LogP contribution < -0.4 is 4.90 Å². The number of alkyl halides is 3. The molecule has 1 aromatic rings. The lowest BCUT2D eigenvalue weighted by atomic mass is 10.3. The summed E-state index contributed by atoms with van der Waals surface area (Å²) < 4.78 is 36.7. The van der Waals surface area contributed by atoms with E-state index in [0.717, 1.165) is 4.90 Å². The zero-order chi connectivity index (χ0) is 13.3. The van der Waals surface area contributed by atoms with Gasteiger partial charge in [0.05, 0.1) is 0 Å². The van der Waals surface area contributed by atoms with Crippen molar-refractivity contribution >= 4 is 17.6 Å². The maximum atomic E-state index is 12.2. The highest BCUT2D eigenvalue weighted by atomic mass is 19.4. The Hall–Kier alpha value is -2.05. The smallest absolute Gasteiger partial charge is 0.285 e. The molecule has 0 radical (unpaired) electrons. The van der Waals surface area contributed by atoms with E-state index in [2.05, 4.69) is 0 Å². The average molecular weight is 258 g/mol. The van der Waals surface area contributed by atoms with Crippen molar-refractivity contribution in [3.63, 3.8) is 0 Å². The van der Waals surface area contributed by atoms with Gasteiger partial charge in [0, 0.05) is 5.69 Å². The standard InChI is InChI=1S/C11H9F3N2O2/c12-11(13,14)7-16-9(17)6-15(10(16)18)8-4-2-1-3-5-8/h1-5H,6-7H2. The molecule has 0 aliphatic carbocycles. The fraction of sp³-hybridized carbons (Fsp3) is 0.273. The second kappa shape index (κ2) is 4.32. The van der Waals surface area contributed by atoms with Crippen molar-refractivity contribution < 1.29 is 22.8 Å². The van der Waals surface area contributed by atoms with Crippen LogP contribution in [0.5, 0.6) is 0 Å². The number of amides is 3. The molecule has 3 amide bonds. The Morgan fingerprint density at radius 3 is 2.28 bits per heavy atom. The quantitative estimate of drug-likeness (QED) is 0.761. The van der Waals surface area contributed by atoms with E-state index in [1.165, 1.54) is 0 Å². The zero-order valence-corrected chi connectivity index (χ0v) is 9.15. The number of carbonyl (C=O) groups is 2. The van der Waals surface area contributed by atoms with Crippen molar-refractivity contribution in [2.45, 2.75) is 6.18 Å². The second-order valence-corrected chi connectivity index (χ2v) is 3.80. The molecule has 4 nitrogen and oxygen atoms in total. The van der Waals surface area contributed by atoms with E-state index in [1.807, 2.05) is 0 Å².